The normalized spacial score (nSPS) is 10.9. The molecular weight excluding hydrogens is 314 g/mol. The second-order valence-corrected chi connectivity index (χ2v) is 5.82. The van der Waals surface area contributed by atoms with Gasteiger partial charge in [0, 0.05) is 12.7 Å². The lowest BCUT2D eigenvalue weighted by atomic mass is 10.1. The van der Waals surface area contributed by atoms with Crippen molar-refractivity contribution in [2.45, 2.75) is 20.0 Å². The van der Waals surface area contributed by atoms with Gasteiger partial charge < -0.3 is 4.90 Å². The van der Waals surface area contributed by atoms with Crippen LogP contribution >= 0.6 is 0 Å². The van der Waals surface area contributed by atoms with Crippen LogP contribution in [0.5, 0.6) is 0 Å². The molecule has 0 saturated heterocycles. The molecule has 0 atom stereocenters. The molecule has 0 aliphatic carbocycles. The molecule has 124 valence electrons. The first-order valence-corrected chi connectivity index (χ1v) is 8.04. The van der Waals surface area contributed by atoms with Gasteiger partial charge in [-0.15, -0.1) is 14.8 Å². The third kappa shape index (κ3) is 3.30. The summed E-state index contributed by atoms with van der Waals surface area (Å²) in [5.74, 6) is 0.800. The van der Waals surface area contributed by atoms with Crippen LogP contribution in [-0.4, -0.2) is 30.2 Å². The third-order valence-electron chi connectivity index (χ3n) is 4.08. The molecule has 0 N–H and O–H groups in total. The van der Waals surface area contributed by atoms with Gasteiger partial charge in [0.25, 0.3) is 0 Å². The maximum Gasteiger partial charge on any atom is 0.200 e. The van der Waals surface area contributed by atoms with Crippen molar-refractivity contribution in [1.82, 2.24) is 30.2 Å². The molecule has 0 amide bonds. The Morgan fingerprint density at radius 3 is 2.68 bits per heavy atom. The van der Waals surface area contributed by atoms with E-state index in [1.165, 1.54) is 15.8 Å². The second-order valence-electron chi connectivity index (χ2n) is 5.82. The zero-order valence-corrected chi connectivity index (χ0v) is 13.8. The van der Waals surface area contributed by atoms with E-state index in [-0.39, 0.29) is 0 Å². The monoisotopic (exact) mass is 331 g/mol. The van der Waals surface area contributed by atoms with Crippen molar-refractivity contribution in [3.63, 3.8) is 0 Å². The topological polar surface area (TPSA) is 72.1 Å². The number of aromatic nitrogens is 6. The molecule has 0 fully saturated rings. The summed E-state index contributed by atoms with van der Waals surface area (Å²) in [6.07, 6.45) is 1.80. The van der Waals surface area contributed by atoms with Crippen LogP contribution in [0.4, 0.5) is 5.82 Å². The summed E-state index contributed by atoms with van der Waals surface area (Å²) in [5.41, 5.74) is 4.10. The molecule has 25 heavy (non-hydrogen) atoms. The number of hydrogen-bond donors (Lipinski definition) is 0. The fourth-order valence-corrected chi connectivity index (χ4v) is 2.71. The molecule has 7 nitrogen and oxygen atoms in total. The number of pyridine rings is 1. The van der Waals surface area contributed by atoms with Crippen molar-refractivity contribution in [1.29, 1.82) is 0 Å². The Bertz CT molecular complexity index is 981. The zero-order valence-electron chi connectivity index (χ0n) is 13.8. The summed E-state index contributed by atoms with van der Waals surface area (Å²) < 4.78 is 1.44. The molecule has 0 radical (unpaired) electrons. The minimum Gasteiger partial charge on any atom is -0.345 e. The smallest absolute Gasteiger partial charge is 0.200 e. The van der Waals surface area contributed by atoms with Crippen molar-refractivity contribution in [3.8, 4) is 0 Å². The quantitative estimate of drug-likeness (QED) is 0.559. The van der Waals surface area contributed by atoms with Gasteiger partial charge in [0.2, 0.25) is 0 Å². The van der Waals surface area contributed by atoms with Crippen molar-refractivity contribution >= 4 is 11.5 Å². The number of tetrazole rings is 1. The lowest BCUT2D eigenvalue weighted by molar-refractivity contribution is 0.695. The van der Waals surface area contributed by atoms with Gasteiger partial charge in [0.05, 0.1) is 12.2 Å². The van der Waals surface area contributed by atoms with Gasteiger partial charge in [0.1, 0.15) is 0 Å². The van der Waals surface area contributed by atoms with E-state index in [0.29, 0.717) is 12.2 Å². The SMILES string of the molecule is Cc1ccccc1CN(Cc1ccccn1)c1ccc2nnnn2n1. The Morgan fingerprint density at radius 1 is 0.960 bits per heavy atom. The van der Waals surface area contributed by atoms with Gasteiger partial charge in [-0.25, -0.2) is 0 Å². The highest BCUT2D eigenvalue weighted by Gasteiger charge is 2.13. The Balaban J connectivity index is 1.70. The van der Waals surface area contributed by atoms with E-state index in [4.69, 9.17) is 0 Å². The first kappa shape index (κ1) is 15.2. The van der Waals surface area contributed by atoms with Gasteiger partial charge in [0.15, 0.2) is 11.5 Å². The summed E-state index contributed by atoms with van der Waals surface area (Å²) >= 11 is 0. The highest BCUT2D eigenvalue weighted by Crippen LogP contribution is 2.19. The molecule has 4 rings (SSSR count). The number of aryl methyl sites for hydroxylation is 1. The number of benzene rings is 1. The van der Waals surface area contributed by atoms with E-state index in [1.807, 2.05) is 36.4 Å². The Hall–Kier alpha value is -3.35. The Kier molecular flexibility index (Phi) is 4.04. The van der Waals surface area contributed by atoms with Crippen molar-refractivity contribution in [2.75, 3.05) is 4.90 Å². The number of fused-ring (bicyclic) bond motifs is 1. The Morgan fingerprint density at radius 2 is 1.84 bits per heavy atom. The first-order valence-electron chi connectivity index (χ1n) is 8.04. The van der Waals surface area contributed by atoms with Gasteiger partial charge in [-0.1, -0.05) is 30.3 Å². The molecule has 3 aromatic heterocycles. The van der Waals surface area contributed by atoms with Gasteiger partial charge in [-0.3, -0.25) is 4.98 Å². The summed E-state index contributed by atoms with van der Waals surface area (Å²) in [6, 6.07) is 18.1. The minimum atomic E-state index is 0.623. The van der Waals surface area contributed by atoms with E-state index in [2.05, 4.69) is 55.6 Å². The van der Waals surface area contributed by atoms with E-state index >= 15 is 0 Å². The molecule has 0 aliphatic heterocycles. The van der Waals surface area contributed by atoms with Gasteiger partial charge in [-0.2, -0.15) is 0 Å². The molecule has 0 spiro atoms. The van der Waals surface area contributed by atoms with Crippen LogP contribution in [0.1, 0.15) is 16.8 Å². The molecule has 0 bridgehead atoms. The van der Waals surface area contributed by atoms with Crippen LogP contribution in [0.3, 0.4) is 0 Å². The zero-order chi connectivity index (χ0) is 17.1. The van der Waals surface area contributed by atoms with Crippen LogP contribution < -0.4 is 4.90 Å². The van der Waals surface area contributed by atoms with Crippen molar-refractivity contribution in [3.05, 3.63) is 77.6 Å². The lowest BCUT2D eigenvalue weighted by Crippen LogP contribution is -2.25. The highest BCUT2D eigenvalue weighted by molar-refractivity contribution is 5.45. The second kappa shape index (κ2) is 6.64. The van der Waals surface area contributed by atoms with Crippen LogP contribution in [0, 0.1) is 6.92 Å². The van der Waals surface area contributed by atoms with Crippen LogP contribution in [0.2, 0.25) is 0 Å². The van der Waals surface area contributed by atoms with E-state index < -0.39 is 0 Å². The predicted octanol–water partition coefficient (Wildman–Crippen LogP) is 2.43. The van der Waals surface area contributed by atoms with Crippen molar-refractivity contribution < 1.29 is 0 Å². The number of hydrogen-bond acceptors (Lipinski definition) is 6. The maximum atomic E-state index is 4.54. The van der Waals surface area contributed by atoms with Crippen molar-refractivity contribution in [2.24, 2.45) is 0 Å². The number of rotatable bonds is 5. The summed E-state index contributed by atoms with van der Waals surface area (Å²) in [5, 5.41) is 16.0. The van der Waals surface area contributed by atoms with Gasteiger partial charge in [-0.05, 0) is 52.7 Å². The molecule has 3 heterocycles. The molecule has 7 heteroatoms. The highest BCUT2D eigenvalue weighted by atomic mass is 15.6. The van der Waals surface area contributed by atoms with E-state index in [9.17, 15) is 0 Å². The Labute approximate surface area is 144 Å². The molecular formula is C18H17N7. The standard InChI is InChI=1S/C18H17N7/c1-14-6-2-3-7-15(14)12-24(13-16-8-4-5-11-19-16)18-10-9-17-20-22-23-25(17)21-18/h2-11H,12-13H2,1H3. The van der Waals surface area contributed by atoms with Crippen LogP contribution in [0.15, 0.2) is 60.8 Å². The third-order valence-corrected chi connectivity index (χ3v) is 4.08. The fraction of sp³-hybridized carbons (Fsp3) is 0.167. The number of anilines is 1. The molecule has 0 aliphatic rings. The maximum absolute atomic E-state index is 4.54. The lowest BCUT2D eigenvalue weighted by Gasteiger charge is -2.24. The predicted molar refractivity (Wildman–Crippen MR) is 93.9 cm³/mol. The number of nitrogens with zero attached hydrogens (tertiary/aromatic N) is 7. The van der Waals surface area contributed by atoms with Crippen LogP contribution in [-0.2, 0) is 13.1 Å². The van der Waals surface area contributed by atoms with Gasteiger partial charge >= 0.3 is 0 Å². The molecule has 0 unspecified atom stereocenters. The molecule has 1 aromatic carbocycles. The first-order chi connectivity index (χ1) is 12.3. The van der Waals surface area contributed by atoms with E-state index in [1.54, 1.807) is 6.20 Å². The molecule has 4 aromatic rings. The molecule has 0 saturated carbocycles. The minimum absolute atomic E-state index is 0.623. The summed E-state index contributed by atoms with van der Waals surface area (Å²) in [4.78, 5) is 6.62. The van der Waals surface area contributed by atoms with E-state index in [0.717, 1.165) is 18.1 Å². The van der Waals surface area contributed by atoms with Crippen LogP contribution in [0.25, 0.3) is 5.65 Å². The largest absolute Gasteiger partial charge is 0.345 e. The average molecular weight is 331 g/mol. The fourth-order valence-electron chi connectivity index (χ4n) is 2.71. The summed E-state index contributed by atoms with van der Waals surface area (Å²) in [7, 11) is 0. The summed E-state index contributed by atoms with van der Waals surface area (Å²) in [6.45, 7) is 3.49. The average Bonchev–Trinajstić information content (AvgIpc) is 3.11.